The molecule has 0 saturated carbocycles. The van der Waals surface area contributed by atoms with Crippen LogP contribution in [0.2, 0.25) is 0 Å². The van der Waals surface area contributed by atoms with Gasteiger partial charge < -0.3 is 14.5 Å². The fraction of sp³-hybridized carbons (Fsp3) is 0.0625. The largest absolute Gasteiger partial charge is 0.494 e. The van der Waals surface area contributed by atoms with Crippen molar-refractivity contribution in [2.24, 2.45) is 0 Å². The van der Waals surface area contributed by atoms with Gasteiger partial charge in [-0.1, -0.05) is 0 Å². The van der Waals surface area contributed by atoms with Crippen LogP contribution in [0.3, 0.4) is 0 Å². The predicted molar refractivity (Wildman–Crippen MR) is 96.5 cm³/mol. The molecule has 6 nitrogen and oxygen atoms in total. The summed E-state index contributed by atoms with van der Waals surface area (Å²) in [6.45, 7) is 0. The van der Waals surface area contributed by atoms with E-state index in [4.69, 9.17) is 21.4 Å². The lowest BCUT2D eigenvalue weighted by atomic mass is 10.1. The minimum Gasteiger partial charge on any atom is -0.494 e. The van der Waals surface area contributed by atoms with Crippen LogP contribution in [0.4, 0.5) is 9.52 Å². The SMILES string of the molecule is COc1ccc(-c2csc(NC(=S)NC(=O)c3ccco3)n2)cc1F. The van der Waals surface area contributed by atoms with Crippen LogP contribution in [0.25, 0.3) is 11.3 Å². The molecule has 2 aromatic heterocycles. The van der Waals surface area contributed by atoms with E-state index in [9.17, 15) is 9.18 Å². The summed E-state index contributed by atoms with van der Waals surface area (Å²) in [7, 11) is 1.40. The lowest BCUT2D eigenvalue weighted by Gasteiger charge is -2.05. The number of amides is 1. The summed E-state index contributed by atoms with van der Waals surface area (Å²) in [5.74, 6) is -0.614. The van der Waals surface area contributed by atoms with Gasteiger partial charge in [0.15, 0.2) is 27.6 Å². The lowest BCUT2D eigenvalue weighted by molar-refractivity contribution is 0.0950. The molecule has 2 heterocycles. The number of methoxy groups -OCH3 is 1. The number of furan rings is 1. The number of thiazole rings is 1. The molecule has 1 aromatic carbocycles. The van der Waals surface area contributed by atoms with Crippen molar-refractivity contribution >= 4 is 39.7 Å². The number of benzene rings is 1. The first-order valence-corrected chi connectivity index (χ1v) is 8.31. The fourth-order valence-corrected chi connectivity index (χ4v) is 2.97. The molecule has 3 aromatic rings. The zero-order valence-corrected chi connectivity index (χ0v) is 14.5. The van der Waals surface area contributed by atoms with E-state index in [0.717, 1.165) is 0 Å². The second kappa shape index (κ2) is 7.41. The Kier molecular flexibility index (Phi) is 5.05. The molecule has 0 saturated heterocycles. The van der Waals surface area contributed by atoms with E-state index in [-0.39, 0.29) is 16.6 Å². The maximum Gasteiger partial charge on any atom is 0.293 e. The van der Waals surface area contributed by atoms with Gasteiger partial charge in [-0.15, -0.1) is 11.3 Å². The first kappa shape index (κ1) is 17.1. The molecule has 9 heteroatoms. The standard InChI is InChI=1S/C16H12FN3O3S2/c1-22-12-5-4-9(7-10(12)17)11-8-25-16(18-11)20-15(24)19-14(21)13-3-2-6-23-13/h2-8H,1H3,(H2,18,19,20,21,24). The molecule has 2 N–H and O–H groups in total. The van der Waals surface area contributed by atoms with Gasteiger partial charge >= 0.3 is 0 Å². The third-order valence-corrected chi connectivity index (χ3v) is 4.11. The molecule has 25 heavy (non-hydrogen) atoms. The summed E-state index contributed by atoms with van der Waals surface area (Å²) in [5.41, 5.74) is 1.18. The van der Waals surface area contributed by atoms with Gasteiger partial charge in [0.05, 0.1) is 19.1 Å². The van der Waals surface area contributed by atoms with Gasteiger partial charge in [0.2, 0.25) is 0 Å². The van der Waals surface area contributed by atoms with E-state index >= 15 is 0 Å². The van der Waals surface area contributed by atoms with Crippen molar-refractivity contribution in [1.29, 1.82) is 0 Å². The van der Waals surface area contributed by atoms with Crippen LogP contribution in [-0.4, -0.2) is 23.1 Å². The topological polar surface area (TPSA) is 76.4 Å². The number of thiocarbonyl (C=S) groups is 1. The van der Waals surface area contributed by atoms with Crippen LogP contribution in [0, 0.1) is 5.82 Å². The summed E-state index contributed by atoms with van der Waals surface area (Å²) in [6, 6.07) is 7.71. The number of rotatable bonds is 4. The van der Waals surface area contributed by atoms with Crippen molar-refractivity contribution in [2.45, 2.75) is 0 Å². The van der Waals surface area contributed by atoms with E-state index in [1.54, 1.807) is 17.5 Å². The summed E-state index contributed by atoms with van der Waals surface area (Å²) >= 11 is 6.35. The number of halogens is 1. The quantitative estimate of drug-likeness (QED) is 0.676. The molecule has 1 amide bonds. The van der Waals surface area contributed by atoms with Crippen molar-refractivity contribution in [3.8, 4) is 17.0 Å². The lowest BCUT2D eigenvalue weighted by Crippen LogP contribution is -2.33. The molecular weight excluding hydrogens is 365 g/mol. The third-order valence-electron chi connectivity index (χ3n) is 3.14. The Hall–Kier alpha value is -2.78. The molecule has 0 aliphatic carbocycles. The number of nitrogens with zero attached hydrogens (tertiary/aromatic N) is 1. The normalized spacial score (nSPS) is 10.3. The van der Waals surface area contributed by atoms with E-state index in [2.05, 4.69) is 15.6 Å². The average molecular weight is 377 g/mol. The maximum atomic E-state index is 13.8. The van der Waals surface area contributed by atoms with Crippen LogP contribution < -0.4 is 15.4 Å². The number of aromatic nitrogens is 1. The van der Waals surface area contributed by atoms with Crippen LogP contribution >= 0.6 is 23.6 Å². The number of ether oxygens (including phenoxy) is 1. The molecule has 0 aliphatic heterocycles. The van der Waals surface area contributed by atoms with E-state index in [1.807, 2.05) is 0 Å². The number of hydrogen-bond acceptors (Lipinski definition) is 6. The van der Waals surface area contributed by atoms with Gasteiger partial charge in [0, 0.05) is 10.9 Å². The summed E-state index contributed by atoms with van der Waals surface area (Å²) < 4.78 is 23.7. The Balaban J connectivity index is 1.66. The first-order chi connectivity index (χ1) is 12.1. The molecule has 0 atom stereocenters. The molecule has 0 radical (unpaired) electrons. The van der Waals surface area contributed by atoms with Gasteiger partial charge in [0.25, 0.3) is 5.91 Å². The number of nitrogens with one attached hydrogen (secondary N) is 2. The summed E-state index contributed by atoms with van der Waals surface area (Å²) in [5, 5.41) is 7.60. The Morgan fingerprint density at radius 3 is 2.92 bits per heavy atom. The van der Waals surface area contributed by atoms with Gasteiger partial charge in [-0.25, -0.2) is 9.37 Å². The van der Waals surface area contributed by atoms with Crippen molar-refractivity contribution in [3.63, 3.8) is 0 Å². The number of carbonyl (C=O) groups excluding carboxylic acids is 1. The highest BCUT2D eigenvalue weighted by atomic mass is 32.1. The molecule has 0 aliphatic rings. The van der Waals surface area contributed by atoms with Gasteiger partial charge in [0.1, 0.15) is 0 Å². The number of anilines is 1. The Morgan fingerprint density at radius 1 is 1.40 bits per heavy atom. The third kappa shape index (κ3) is 4.01. The average Bonchev–Trinajstić information content (AvgIpc) is 3.26. The van der Waals surface area contributed by atoms with Gasteiger partial charge in [-0.2, -0.15) is 0 Å². The maximum absolute atomic E-state index is 13.8. The fourth-order valence-electron chi connectivity index (χ4n) is 1.99. The van der Waals surface area contributed by atoms with Gasteiger partial charge in [-0.05, 0) is 42.5 Å². The van der Waals surface area contributed by atoms with Gasteiger partial charge in [-0.3, -0.25) is 10.1 Å². The second-order valence-electron chi connectivity index (χ2n) is 4.77. The van der Waals surface area contributed by atoms with Crippen molar-refractivity contribution in [2.75, 3.05) is 12.4 Å². The summed E-state index contributed by atoms with van der Waals surface area (Å²) in [6.07, 6.45) is 1.40. The Bertz CT molecular complexity index is 909. The molecule has 0 spiro atoms. The second-order valence-corrected chi connectivity index (χ2v) is 6.04. The highest BCUT2D eigenvalue weighted by Crippen LogP contribution is 2.28. The Morgan fingerprint density at radius 2 is 2.24 bits per heavy atom. The summed E-state index contributed by atoms with van der Waals surface area (Å²) in [4.78, 5) is 16.2. The first-order valence-electron chi connectivity index (χ1n) is 7.02. The van der Waals surface area contributed by atoms with Crippen molar-refractivity contribution in [3.05, 3.63) is 53.6 Å². The van der Waals surface area contributed by atoms with Crippen LogP contribution in [0.1, 0.15) is 10.6 Å². The molecular formula is C16H12FN3O3S2. The van der Waals surface area contributed by atoms with Crippen LogP contribution in [0.15, 0.2) is 46.4 Å². The number of hydrogen-bond donors (Lipinski definition) is 2. The van der Waals surface area contributed by atoms with Crippen LogP contribution in [-0.2, 0) is 0 Å². The molecule has 3 rings (SSSR count). The smallest absolute Gasteiger partial charge is 0.293 e. The minimum atomic E-state index is -0.469. The van der Waals surface area contributed by atoms with E-state index < -0.39 is 11.7 Å². The monoisotopic (exact) mass is 377 g/mol. The van der Waals surface area contributed by atoms with Crippen LogP contribution in [0.5, 0.6) is 5.75 Å². The van der Waals surface area contributed by atoms with Crippen molar-refractivity contribution in [1.82, 2.24) is 10.3 Å². The number of carbonyl (C=O) groups is 1. The zero-order valence-electron chi connectivity index (χ0n) is 12.9. The van der Waals surface area contributed by atoms with E-state index in [1.165, 1.54) is 42.9 Å². The molecule has 0 unspecified atom stereocenters. The molecule has 128 valence electrons. The highest BCUT2D eigenvalue weighted by Gasteiger charge is 2.12. The molecule has 0 fully saturated rings. The molecule has 0 bridgehead atoms. The van der Waals surface area contributed by atoms with E-state index in [0.29, 0.717) is 16.4 Å². The van der Waals surface area contributed by atoms with Crippen molar-refractivity contribution < 1.29 is 18.3 Å². The zero-order chi connectivity index (χ0) is 17.8. The highest BCUT2D eigenvalue weighted by molar-refractivity contribution is 7.80. The predicted octanol–water partition coefficient (Wildman–Crippen LogP) is 3.68. The minimum absolute atomic E-state index is 0.0863. The Labute approximate surface area is 151 Å².